The van der Waals surface area contributed by atoms with Crippen LogP contribution >= 0.6 is 0 Å². The first-order chi connectivity index (χ1) is 14.2. The Bertz CT molecular complexity index is 1040. The van der Waals surface area contributed by atoms with Crippen LogP contribution in [0.3, 0.4) is 0 Å². The standard InChI is InChI=1S/C23H24FN3O3/c1-13(2)20(27-21(28)16-8-10-18(24)11-9-16)22(29)26-19-7-5-6-17(12-19)23-25-14(3)15(4)30-23/h5-13,20H,1-4H3,(H,26,29)(H,27,28). The van der Waals surface area contributed by atoms with Crippen molar-refractivity contribution in [2.75, 3.05) is 5.32 Å². The Morgan fingerprint density at radius 2 is 1.77 bits per heavy atom. The Morgan fingerprint density at radius 3 is 2.37 bits per heavy atom. The summed E-state index contributed by atoms with van der Waals surface area (Å²) in [6.07, 6.45) is 0. The minimum absolute atomic E-state index is 0.158. The lowest BCUT2D eigenvalue weighted by Crippen LogP contribution is -2.47. The number of aryl methyl sites for hydroxylation is 2. The van der Waals surface area contributed by atoms with Crippen LogP contribution in [0.25, 0.3) is 11.5 Å². The van der Waals surface area contributed by atoms with Crippen molar-refractivity contribution in [1.82, 2.24) is 10.3 Å². The number of halogens is 1. The van der Waals surface area contributed by atoms with Gasteiger partial charge in [-0.1, -0.05) is 19.9 Å². The average molecular weight is 409 g/mol. The van der Waals surface area contributed by atoms with Gasteiger partial charge in [-0.15, -0.1) is 0 Å². The highest BCUT2D eigenvalue weighted by molar-refractivity contribution is 6.01. The first-order valence-electron chi connectivity index (χ1n) is 9.66. The molecule has 156 valence electrons. The maximum Gasteiger partial charge on any atom is 0.251 e. The Hall–Kier alpha value is -3.48. The molecule has 0 radical (unpaired) electrons. The van der Waals surface area contributed by atoms with E-state index in [0.717, 1.165) is 17.0 Å². The number of oxazole rings is 1. The van der Waals surface area contributed by atoms with Crippen LogP contribution in [0.15, 0.2) is 52.9 Å². The van der Waals surface area contributed by atoms with Crippen LogP contribution in [0, 0.1) is 25.6 Å². The van der Waals surface area contributed by atoms with E-state index in [9.17, 15) is 14.0 Å². The molecule has 0 bridgehead atoms. The van der Waals surface area contributed by atoms with Crippen LogP contribution in [0.2, 0.25) is 0 Å². The zero-order chi connectivity index (χ0) is 21.8. The highest BCUT2D eigenvalue weighted by atomic mass is 19.1. The summed E-state index contributed by atoms with van der Waals surface area (Å²) in [5, 5.41) is 5.56. The summed E-state index contributed by atoms with van der Waals surface area (Å²) < 4.78 is 18.7. The Kier molecular flexibility index (Phi) is 6.30. The van der Waals surface area contributed by atoms with Gasteiger partial charge in [0.15, 0.2) is 0 Å². The SMILES string of the molecule is Cc1nc(-c2cccc(NC(=O)C(NC(=O)c3ccc(F)cc3)C(C)C)c2)oc1C. The molecule has 0 saturated carbocycles. The molecular formula is C23H24FN3O3. The predicted molar refractivity (Wildman–Crippen MR) is 113 cm³/mol. The fourth-order valence-electron chi connectivity index (χ4n) is 2.91. The number of benzene rings is 2. The summed E-state index contributed by atoms with van der Waals surface area (Å²) in [6.45, 7) is 7.38. The minimum atomic E-state index is -0.766. The van der Waals surface area contributed by atoms with Crippen molar-refractivity contribution < 1.29 is 18.4 Å². The third-order valence-corrected chi connectivity index (χ3v) is 4.75. The number of carbonyl (C=O) groups excluding carboxylic acids is 2. The van der Waals surface area contributed by atoms with Crippen molar-refractivity contribution in [2.24, 2.45) is 5.92 Å². The number of nitrogens with one attached hydrogen (secondary N) is 2. The zero-order valence-electron chi connectivity index (χ0n) is 17.3. The summed E-state index contributed by atoms with van der Waals surface area (Å²) in [6, 6.07) is 11.6. The van der Waals surface area contributed by atoms with Gasteiger partial charge in [0.2, 0.25) is 11.8 Å². The first-order valence-corrected chi connectivity index (χ1v) is 9.66. The van der Waals surface area contributed by atoms with E-state index in [1.165, 1.54) is 24.3 Å². The number of hydrogen-bond donors (Lipinski definition) is 2. The second kappa shape index (κ2) is 8.90. The molecule has 30 heavy (non-hydrogen) atoms. The molecule has 7 heteroatoms. The molecule has 2 N–H and O–H groups in total. The van der Waals surface area contributed by atoms with Crippen LogP contribution < -0.4 is 10.6 Å². The third kappa shape index (κ3) is 4.92. The lowest BCUT2D eigenvalue weighted by molar-refractivity contribution is -0.118. The summed E-state index contributed by atoms with van der Waals surface area (Å²) in [5.41, 5.74) is 2.39. The second-order valence-corrected chi connectivity index (χ2v) is 7.43. The van der Waals surface area contributed by atoms with Gasteiger partial charge in [-0.2, -0.15) is 0 Å². The van der Waals surface area contributed by atoms with Crippen LogP contribution in [0.5, 0.6) is 0 Å². The molecule has 3 rings (SSSR count). The van der Waals surface area contributed by atoms with E-state index < -0.39 is 17.8 Å². The first kappa shape index (κ1) is 21.2. The summed E-state index contributed by atoms with van der Waals surface area (Å²) in [4.78, 5) is 29.7. The van der Waals surface area contributed by atoms with E-state index >= 15 is 0 Å². The van der Waals surface area contributed by atoms with Crippen LogP contribution in [0.4, 0.5) is 10.1 Å². The van der Waals surface area contributed by atoms with Gasteiger partial charge in [-0.3, -0.25) is 9.59 Å². The molecule has 0 aliphatic rings. The molecule has 0 aliphatic carbocycles. The number of anilines is 1. The number of hydrogen-bond acceptors (Lipinski definition) is 4. The fourth-order valence-corrected chi connectivity index (χ4v) is 2.91. The second-order valence-electron chi connectivity index (χ2n) is 7.43. The Labute approximate surface area is 174 Å². The molecule has 1 aromatic heterocycles. The smallest absolute Gasteiger partial charge is 0.251 e. The Morgan fingerprint density at radius 1 is 1.07 bits per heavy atom. The van der Waals surface area contributed by atoms with Gasteiger partial charge in [0.1, 0.15) is 17.6 Å². The minimum Gasteiger partial charge on any atom is -0.441 e. The molecule has 1 atom stereocenters. The number of rotatable bonds is 6. The number of nitrogens with zero attached hydrogens (tertiary/aromatic N) is 1. The van der Waals surface area contributed by atoms with Crippen molar-refractivity contribution in [2.45, 2.75) is 33.7 Å². The van der Waals surface area contributed by atoms with Gasteiger partial charge in [0.05, 0.1) is 5.69 Å². The molecule has 0 spiro atoms. The average Bonchev–Trinajstić information content (AvgIpc) is 3.05. The van der Waals surface area contributed by atoms with Crippen LogP contribution in [-0.2, 0) is 4.79 Å². The van der Waals surface area contributed by atoms with Gasteiger partial charge >= 0.3 is 0 Å². The van der Waals surface area contributed by atoms with Crippen molar-refractivity contribution in [3.63, 3.8) is 0 Å². The van der Waals surface area contributed by atoms with Crippen molar-refractivity contribution in [3.05, 3.63) is 71.4 Å². The molecule has 0 saturated heterocycles. The van der Waals surface area contributed by atoms with Gasteiger partial charge in [-0.25, -0.2) is 9.37 Å². The lowest BCUT2D eigenvalue weighted by atomic mass is 10.0. The summed E-state index contributed by atoms with van der Waals surface area (Å²) in [5.74, 6) is -0.162. The third-order valence-electron chi connectivity index (χ3n) is 4.75. The van der Waals surface area contributed by atoms with Gasteiger partial charge in [0.25, 0.3) is 5.91 Å². The predicted octanol–water partition coefficient (Wildman–Crippen LogP) is 4.49. The molecule has 2 aromatic carbocycles. The van der Waals surface area contributed by atoms with Gasteiger partial charge in [0, 0.05) is 16.8 Å². The quantitative estimate of drug-likeness (QED) is 0.628. The zero-order valence-corrected chi connectivity index (χ0v) is 17.3. The lowest BCUT2D eigenvalue weighted by Gasteiger charge is -2.22. The van der Waals surface area contributed by atoms with E-state index in [2.05, 4.69) is 15.6 Å². The number of carbonyl (C=O) groups is 2. The van der Waals surface area contributed by atoms with Gasteiger partial charge < -0.3 is 15.1 Å². The molecule has 1 heterocycles. The maximum atomic E-state index is 13.1. The number of aromatic nitrogens is 1. The summed E-state index contributed by atoms with van der Waals surface area (Å²) in [7, 11) is 0. The highest BCUT2D eigenvalue weighted by Gasteiger charge is 2.25. The van der Waals surface area contributed by atoms with Crippen LogP contribution in [0.1, 0.15) is 35.7 Å². The fraction of sp³-hybridized carbons (Fsp3) is 0.261. The monoisotopic (exact) mass is 409 g/mol. The van der Waals surface area contributed by atoms with Crippen LogP contribution in [-0.4, -0.2) is 22.8 Å². The topological polar surface area (TPSA) is 84.2 Å². The molecule has 0 aliphatic heterocycles. The molecular weight excluding hydrogens is 385 g/mol. The molecule has 2 amide bonds. The molecule has 6 nitrogen and oxygen atoms in total. The van der Waals surface area contributed by atoms with Crippen molar-refractivity contribution in [1.29, 1.82) is 0 Å². The van der Waals surface area contributed by atoms with E-state index in [-0.39, 0.29) is 17.4 Å². The largest absolute Gasteiger partial charge is 0.441 e. The van der Waals surface area contributed by atoms with Gasteiger partial charge in [-0.05, 0) is 62.2 Å². The van der Waals surface area contributed by atoms with Crippen molar-refractivity contribution in [3.8, 4) is 11.5 Å². The maximum absolute atomic E-state index is 13.1. The van der Waals surface area contributed by atoms with E-state index in [0.29, 0.717) is 11.6 Å². The Balaban J connectivity index is 1.74. The van der Waals surface area contributed by atoms with E-state index in [4.69, 9.17) is 4.42 Å². The molecule has 0 fully saturated rings. The molecule has 3 aromatic rings. The molecule has 1 unspecified atom stereocenters. The normalized spacial score (nSPS) is 11.9. The summed E-state index contributed by atoms with van der Waals surface area (Å²) >= 11 is 0. The van der Waals surface area contributed by atoms with Crippen molar-refractivity contribution >= 4 is 17.5 Å². The number of amides is 2. The highest BCUT2D eigenvalue weighted by Crippen LogP contribution is 2.24. The van der Waals surface area contributed by atoms with E-state index in [1.807, 2.05) is 33.8 Å². The van der Waals surface area contributed by atoms with E-state index in [1.54, 1.807) is 18.2 Å².